The molecule has 0 aliphatic carbocycles. The Morgan fingerprint density at radius 3 is 0.480 bits per heavy atom. The van der Waals surface area contributed by atoms with Gasteiger partial charge in [0.05, 0.1) is 0 Å². The zero-order valence-corrected chi connectivity index (χ0v) is 15.2. The third-order valence-electron chi connectivity index (χ3n) is 0.850. The molecule has 0 atom stereocenters. The molecule has 25 heavy (non-hydrogen) atoms. The predicted octanol–water partition coefficient (Wildman–Crippen LogP) is 0.152. The second-order valence-corrected chi connectivity index (χ2v) is 6.81. The van der Waals surface area contributed by atoms with E-state index in [1.807, 2.05) is 0 Å². The first kappa shape index (κ1) is 32.6. The summed E-state index contributed by atoms with van der Waals surface area (Å²) in [6.07, 6.45) is 0. The molecule has 151 valence electrons. The van der Waals surface area contributed by atoms with E-state index in [2.05, 4.69) is 0 Å². The summed E-state index contributed by atoms with van der Waals surface area (Å²) < 4.78 is 177. The Balaban J connectivity index is -0.000000130. The van der Waals surface area contributed by atoms with Crippen LogP contribution < -0.4 is 0 Å². The molecule has 0 saturated carbocycles. The number of hydrogen-bond donors (Lipinski definition) is 0. The summed E-state index contributed by atoms with van der Waals surface area (Å²) >= 11 is 0. The van der Waals surface area contributed by atoms with Crippen LogP contribution in [-0.4, -0.2) is 55.4 Å². The standard InChI is InChI=1S/3CHF3O3S.Zr/c3*2-1(3,4)8(5,6)7;/h3*(H,5,6,7);/q;;;+3/p-3. The molecule has 0 aliphatic heterocycles. The van der Waals surface area contributed by atoms with Crippen LogP contribution in [0.4, 0.5) is 39.5 Å². The van der Waals surface area contributed by atoms with Gasteiger partial charge in [-0.15, -0.1) is 0 Å². The van der Waals surface area contributed by atoms with Crippen molar-refractivity contribution in [1.82, 2.24) is 0 Å². The average Bonchev–Trinajstić information content (AvgIpc) is 2.08. The second-order valence-electron chi connectivity index (χ2n) is 2.70. The van der Waals surface area contributed by atoms with Crippen LogP contribution in [0.1, 0.15) is 0 Å². The second kappa shape index (κ2) is 9.78. The molecular formula is C3F9O9S3Zr. The Bertz CT molecular complexity index is 596. The monoisotopic (exact) mass is 537 g/mol. The smallest absolute Gasteiger partial charge is 0.741 e. The molecule has 0 aromatic heterocycles. The fourth-order valence-corrected chi connectivity index (χ4v) is 0. The third-order valence-corrected chi connectivity index (χ3v) is 2.55. The van der Waals surface area contributed by atoms with Crippen molar-refractivity contribution >= 4 is 30.4 Å². The first-order valence-electron chi connectivity index (χ1n) is 3.81. The minimum absolute atomic E-state index is 0. The minimum Gasteiger partial charge on any atom is -0.741 e. The summed E-state index contributed by atoms with van der Waals surface area (Å²) in [4.78, 5) is 0. The van der Waals surface area contributed by atoms with E-state index >= 15 is 0 Å². The van der Waals surface area contributed by atoms with Gasteiger partial charge in [0.1, 0.15) is 0 Å². The van der Waals surface area contributed by atoms with E-state index in [1.54, 1.807) is 0 Å². The molecule has 0 bridgehead atoms. The van der Waals surface area contributed by atoms with Gasteiger partial charge >= 0.3 is 42.7 Å². The minimum atomic E-state index is -6.09. The van der Waals surface area contributed by atoms with Crippen LogP contribution in [0.25, 0.3) is 0 Å². The van der Waals surface area contributed by atoms with Crippen LogP contribution in [0, 0.1) is 0 Å². The van der Waals surface area contributed by atoms with Gasteiger partial charge in [0.15, 0.2) is 30.4 Å². The van der Waals surface area contributed by atoms with Crippen LogP contribution in [0.5, 0.6) is 0 Å². The summed E-state index contributed by atoms with van der Waals surface area (Å²) in [5, 5.41) is 0. The molecule has 0 aromatic carbocycles. The first-order valence-corrected chi connectivity index (χ1v) is 8.04. The van der Waals surface area contributed by atoms with E-state index in [9.17, 15) is 39.5 Å². The van der Waals surface area contributed by atoms with Gasteiger partial charge in [-0.25, -0.2) is 25.3 Å². The van der Waals surface area contributed by atoms with Crippen molar-refractivity contribution in [2.45, 2.75) is 16.5 Å². The Morgan fingerprint density at radius 1 is 0.440 bits per heavy atom. The number of rotatable bonds is 0. The maximum Gasteiger partial charge on any atom is 3.00 e. The molecule has 0 unspecified atom stereocenters. The van der Waals surface area contributed by atoms with Gasteiger partial charge in [-0.05, 0) is 0 Å². The van der Waals surface area contributed by atoms with Crippen molar-refractivity contribution in [2.75, 3.05) is 0 Å². The first-order chi connectivity index (χ1) is 9.75. The van der Waals surface area contributed by atoms with Crippen molar-refractivity contribution in [3.8, 4) is 0 Å². The molecule has 0 saturated heterocycles. The molecule has 0 aromatic rings. The predicted molar refractivity (Wildman–Crippen MR) is 47.3 cm³/mol. The molecule has 22 heteroatoms. The van der Waals surface area contributed by atoms with E-state index in [1.165, 1.54) is 0 Å². The third kappa shape index (κ3) is 15.9. The van der Waals surface area contributed by atoms with Crippen LogP contribution in [0.3, 0.4) is 0 Å². The van der Waals surface area contributed by atoms with Gasteiger partial charge in [0, 0.05) is 0 Å². The van der Waals surface area contributed by atoms with Crippen LogP contribution in [0.2, 0.25) is 0 Å². The molecule has 0 aliphatic rings. The molecule has 0 spiro atoms. The summed E-state index contributed by atoms with van der Waals surface area (Å²) in [5.74, 6) is 0. The Kier molecular flexibility index (Phi) is 12.8. The molecule has 0 rings (SSSR count). The molecule has 0 fully saturated rings. The summed E-state index contributed by atoms with van der Waals surface area (Å²) in [5.41, 5.74) is -16.9. The Labute approximate surface area is 151 Å². The van der Waals surface area contributed by atoms with Crippen molar-refractivity contribution in [2.24, 2.45) is 0 Å². The van der Waals surface area contributed by atoms with Gasteiger partial charge < -0.3 is 13.7 Å². The topological polar surface area (TPSA) is 172 Å². The Morgan fingerprint density at radius 2 is 0.480 bits per heavy atom. The summed E-state index contributed by atoms with van der Waals surface area (Å²) in [7, 11) is -18.3. The Hall–Kier alpha value is -0.0169. The zero-order chi connectivity index (χ0) is 21.0. The van der Waals surface area contributed by atoms with E-state index in [0.717, 1.165) is 0 Å². The van der Waals surface area contributed by atoms with Gasteiger partial charge in [0.25, 0.3) is 0 Å². The van der Waals surface area contributed by atoms with Crippen molar-refractivity contribution in [3.05, 3.63) is 0 Å². The zero-order valence-electron chi connectivity index (χ0n) is 10.3. The SMILES string of the molecule is O=S(=O)([O-])C(F)(F)F.O=S(=O)([O-])C(F)(F)F.O=S(=O)([O-])C(F)(F)F.[Zr+3]. The van der Waals surface area contributed by atoms with Gasteiger partial charge in [0.2, 0.25) is 0 Å². The maximum absolute atomic E-state index is 10.7. The van der Waals surface area contributed by atoms with Crippen LogP contribution in [-0.2, 0) is 56.6 Å². The largest absolute Gasteiger partial charge is 3.00 e. The molecule has 9 nitrogen and oxygen atoms in total. The van der Waals surface area contributed by atoms with Gasteiger partial charge in [-0.3, -0.25) is 0 Å². The summed E-state index contributed by atoms with van der Waals surface area (Å²) in [6.45, 7) is 0. The fourth-order valence-electron chi connectivity index (χ4n) is 0. The average molecular weight is 538 g/mol. The molecule has 0 heterocycles. The summed E-state index contributed by atoms with van der Waals surface area (Å²) in [6, 6.07) is 0. The normalized spacial score (nSPS) is 13.4. The number of alkyl halides is 9. The van der Waals surface area contributed by atoms with E-state index in [4.69, 9.17) is 38.9 Å². The van der Waals surface area contributed by atoms with Gasteiger partial charge in [-0.1, -0.05) is 0 Å². The number of halogens is 9. The molecule has 0 amide bonds. The fraction of sp³-hybridized carbons (Fsp3) is 1.00. The number of hydrogen-bond acceptors (Lipinski definition) is 9. The van der Waals surface area contributed by atoms with Crippen LogP contribution in [0.15, 0.2) is 0 Å². The van der Waals surface area contributed by atoms with E-state index < -0.39 is 46.9 Å². The van der Waals surface area contributed by atoms with Crippen molar-refractivity contribution < 1.29 is 105 Å². The van der Waals surface area contributed by atoms with E-state index in [-0.39, 0.29) is 26.2 Å². The van der Waals surface area contributed by atoms with Gasteiger partial charge in [-0.2, -0.15) is 39.5 Å². The quantitative estimate of drug-likeness (QED) is 0.236. The van der Waals surface area contributed by atoms with Crippen molar-refractivity contribution in [3.63, 3.8) is 0 Å². The molecule has 1 radical (unpaired) electrons. The van der Waals surface area contributed by atoms with E-state index in [0.29, 0.717) is 0 Å². The van der Waals surface area contributed by atoms with Crippen molar-refractivity contribution in [1.29, 1.82) is 0 Å². The molecular weight excluding hydrogens is 538 g/mol. The maximum atomic E-state index is 10.7. The molecule has 0 N–H and O–H groups in total. The van der Waals surface area contributed by atoms with Crippen LogP contribution >= 0.6 is 0 Å².